The molecule has 0 radical (unpaired) electrons. The van der Waals surface area contributed by atoms with E-state index in [-0.39, 0.29) is 0 Å². The monoisotopic (exact) mass is 178 g/mol. The van der Waals surface area contributed by atoms with Gasteiger partial charge in [0.15, 0.2) is 0 Å². The fourth-order valence-corrected chi connectivity index (χ4v) is 1.91. The first-order chi connectivity index (χ1) is 6.18. The van der Waals surface area contributed by atoms with Gasteiger partial charge in [-0.1, -0.05) is 23.8 Å². The quantitative estimate of drug-likeness (QED) is 0.629. The highest BCUT2D eigenvalue weighted by molar-refractivity contribution is 5.35. The van der Waals surface area contributed by atoms with Crippen LogP contribution in [0.4, 0.5) is 0 Å². The van der Waals surface area contributed by atoms with Crippen molar-refractivity contribution in [3.63, 3.8) is 0 Å². The minimum atomic E-state index is -0.690. The molecular formula is C11H14O2. The Bertz CT molecular complexity index is 320. The molecule has 0 aliphatic heterocycles. The maximum Gasteiger partial charge on any atom is 0.105 e. The fraction of sp³-hybridized carbons (Fsp3) is 0.455. The van der Waals surface area contributed by atoms with Gasteiger partial charge in [0, 0.05) is 0 Å². The van der Waals surface area contributed by atoms with Crippen LogP contribution in [0, 0.1) is 6.92 Å². The number of hydrogen-bond donors (Lipinski definition) is 2. The van der Waals surface area contributed by atoms with Crippen LogP contribution in [0.15, 0.2) is 18.2 Å². The molecule has 0 spiro atoms. The number of benzene rings is 1. The van der Waals surface area contributed by atoms with Gasteiger partial charge in [-0.15, -0.1) is 0 Å². The summed E-state index contributed by atoms with van der Waals surface area (Å²) in [7, 11) is 0. The molecule has 2 atom stereocenters. The van der Waals surface area contributed by atoms with Crippen LogP contribution in [0.25, 0.3) is 0 Å². The molecule has 1 aliphatic rings. The van der Waals surface area contributed by atoms with Crippen LogP contribution in [-0.2, 0) is 6.42 Å². The van der Waals surface area contributed by atoms with Crippen molar-refractivity contribution < 1.29 is 10.2 Å². The molecule has 0 saturated carbocycles. The first kappa shape index (κ1) is 8.73. The Kier molecular flexibility index (Phi) is 2.10. The summed E-state index contributed by atoms with van der Waals surface area (Å²) in [6.07, 6.45) is 0.256. The van der Waals surface area contributed by atoms with Gasteiger partial charge in [0.05, 0.1) is 6.10 Å². The molecule has 0 bridgehead atoms. The number of aryl methyl sites for hydroxylation is 2. The Morgan fingerprint density at radius 2 is 2.08 bits per heavy atom. The highest BCUT2D eigenvalue weighted by Crippen LogP contribution is 2.30. The lowest BCUT2D eigenvalue weighted by Crippen LogP contribution is -2.24. The summed E-state index contributed by atoms with van der Waals surface area (Å²) >= 11 is 0. The fourth-order valence-electron chi connectivity index (χ4n) is 1.91. The Morgan fingerprint density at radius 3 is 2.85 bits per heavy atom. The average molecular weight is 178 g/mol. The van der Waals surface area contributed by atoms with Crippen LogP contribution in [0.2, 0.25) is 0 Å². The van der Waals surface area contributed by atoms with E-state index >= 15 is 0 Å². The molecule has 1 aliphatic carbocycles. The van der Waals surface area contributed by atoms with Crippen molar-refractivity contribution in [1.82, 2.24) is 0 Å². The lowest BCUT2D eigenvalue weighted by Gasteiger charge is -2.26. The summed E-state index contributed by atoms with van der Waals surface area (Å²) in [5.41, 5.74) is 3.28. The summed E-state index contributed by atoms with van der Waals surface area (Å²) in [6.45, 7) is 2.04. The van der Waals surface area contributed by atoms with Crippen LogP contribution in [0.3, 0.4) is 0 Å². The number of fused-ring (bicyclic) bond motifs is 1. The molecule has 70 valence electrons. The Hall–Kier alpha value is -0.860. The van der Waals surface area contributed by atoms with Gasteiger partial charge in [-0.3, -0.25) is 0 Å². The summed E-state index contributed by atoms with van der Waals surface area (Å²) in [5.74, 6) is 0. The molecule has 0 aromatic heterocycles. The summed E-state index contributed by atoms with van der Waals surface area (Å²) < 4.78 is 0. The van der Waals surface area contributed by atoms with E-state index in [0.717, 1.165) is 12.0 Å². The van der Waals surface area contributed by atoms with E-state index in [1.165, 1.54) is 11.1 Å². The van der Waals surface area contributed by atoms with E-state index in [9.17, 15) is 10.2 Å². The zero-order valence-electron chi connectivity index (χ0n) is 7.70. The van der Waals surface area contributed by atoms with Crippen molar-refractivity contribution in [3.8, 4) is 0 Å². The van der Waals surface area contributed by atoms with E-state index in [1.807, 2.05) is 19.1 Å². The normalized spacial score (nSPS) is 27.0. The third kappa shape index (κ3) is 1.47. The van der Waals surface area contributed by atoms with Gasteiger partial charge in [-0.2, -0.15) is 0 Å². The van der Waals surface area contributed by atoms with E-state index in [1.54, 1.807) is 0 Å². The highest BCUT2D eigenvalue weighted by atomic mass is 16.3. The predicted molar refractivity (Wildman–Crippen MR) is 50.5 cm³/mol. The molecule has 2 N–H and O–H groups in total. The standard InChI is InChI=1S/C11H14O2/c1-7-2-4-9-8(6-7)3-5-10(12)11(9)13/h2,4,6,10-13H,3,5H2,1H3. The zero-order valence-corrected chi connectivity index (χ0v) is 7.70. The number of aliphatic hydroxyl groups excluding tert-OH is 2. The predicted octanol–water partition coefficient (Wildman–Crippen LogP) is 1.34. The van der Waals surface area contributed by atoms with Crippen LogP contribution in [-0.4, -0.2) is 16.3 Å². The second-order valence-corrected chi connectivity index (χ2v) is 3.75. The van der Waals surface area contributed by atoms with Crippen LogP contribution >= 0.6 is 0 Å². The third-order valence-corrected chi connectivity index (χ3v) is 2.69. The molecule has 0 saturated heterocycles. The number of aliphatic hydroxyl groups is 2. The van der Waals surface area contributed by atoms with Gasteiger partial charge >= 0.3 is 0 Å². The van der Waals surface area contributed by atoms with Gasteiger partial charge in [0.1, 0.15) is 6.10 Å². The van der Waals surface area contributed by atoms with Crippen LogP contribution < -0.4 is 0 Å². The Morgan fingerprint density at radius 1 is 1.31 bits per heavy atom. The van der Waals surface area contributed by atoms with Crippen molar-refractivity contribution in [3.05, 3.63) is 34.9 Å². The average Bonchev–Trinajstić information content (AvgIpc) is 2.12. The first-order valence-electron chi connectivity index (χ1n) is 4.64. The van der Waals surface area contributed by atoms with Gasteiger partial charge < -0.3 is 10.2 Å². The SMILES string of the molecule is Cc1ccc2c(c1)CCC(O)C2O. The Balaban J connectivity index is 2.44. The summed E-state index contributed by atoms with van der Waals surface area (Å²) in [4.78, 5) is 0. The Labute approximate surface area is 77.8 Å². The van der Waals surface area contributed by atoms with Gasteiger partial charge in [-0.25, -0.2) is 0 Å². The molecule has 1 aromatic rings. The maximum absolute atomic E-state index is 9.67. The zero-order chi connectivity index (χ0) is 9.42. The molecule has 0 fully saturated rings. The van der Waals surface area contributed by atoms with Crippen molar-refractivity contribution in [2.75, 3.05) is 0 Å². The van der Waals surface area contributed by atoms with Gasteiger partial charge in [0.25, 0.3) is 0 Å². The van der Waals surface area contributed by atoms with Crippen molar-refractivity contribution in [1.29, 1.82) is 0 Å². The van der Waals surface area contributed by atoms with Gasteiger partial charge in [-0.05, 0) is 30.9 Å². The molecule has 2 unspecified atom stereocenters. The van der Waals surface area contributed by atoms with E-state index in [0.29, 0.717) is 6.42 Å². The smallest absolute Gasteiger partial charge is 0.105 e. The van der Waals surface area contributed by atoms with E-state index in [2.05, 4.69) is 6.07 Å². The molecule has 2 heteroatoms. The first-order valence-corrected chi connectivity index (χ1v) is 4.64. The lowest BCUT2D eigenvalue weighted by atomic mass is 9.87. The molecule has 13 heavy (non-hydrogen) atoms. The minimum Gasteiger partial charge on any atom is -0.390 e. The third-order valence-electron chi connectivity index (χ3n) is 2.69. The van der Waals surface area contributed by atoms with E-state index in [4.69, 9.17) is 0 Å². The van der Waals surface area contributed by atoms with Crippen molar-refractivity contribution in [2.24, 2.45) is 0 Å². The second-order valence-electron chi connectivity index (χ2n) is 3.75. The number of rotatable bonds is 0. The highest BCUT2D eigenvalue weighted by Gasteiger charge is 2.25. The number of hydrogen-bond acceptors (Lipinski definition) is 2. The lowest BCUT2D eigenvalue weighted by molar-refractivity contribution is 0.00648. The minimum absolute atomic E-state index is 0.588. The molecule has 1 aromatic carbocycles. The van der Waals surface area contributed by atoms with Gasteiger partial charge in [0.2, 0.25) is 0 Å². The molecule has 0 heterocycles. The van der Waals surface area contributed by atoms with Crippen LogP contribution in [0.5, 0.6) is 0 Å². The van der Waals surface area contributed by atoms with E-state index < -0.39 is 12.2 Å². The second kappa shape index (κ2) is 3.13. The van der Waals surface area contributed by atoms with Crippen molar-refractivity contribution >= 4 is 0 Å². The largest absolute Gasteiger partial charge is 0.390 e. The summed E-state index contributed by atoms with van der Waals surface area (Å²) in [6, 6.07) is 5.97. The molecule has 2 rings (SSSR count). The van der Waals surface area contributed by atoms with Crippen LogP contribution in [0.1, 0.15) is 29.2 Å². The maximum atomic E-state index is 9.67. The topological polar surface area (TPSA) is 40.5 Å². The van der Waals surface area contributed by atoms with Crippen molar-refractivity contribution in [2.45, 2.75) is 32.0 Å². The molecular weight excluding hydrogens is 164 g/mol. The summed E-state index contributed by atoms with van der Waals surface area (Å²) in [5, 5.41) is 19.1. The molecule has 2 nitrogen and oxygen atoms in total. The molecule has 0 amide bonds.